The van der Waals surface area contributed by atoms with Gasteiger partial charge in [-0.05, 0) is 42.0 Å². The molecule has 3 N–H and O–H groups in total. The molecule has 0 aliphatic carbocycles. The van der Waals surface area contributed by atoms with Crippen LogP contribution < -0.4 is 10.6 Å². The van der Waals surface area contributed by atoms with Crippen molar-refractivity contribution in [2.24, 2.45) is 0 Å². The molecule has 2 unspecified atom stereocenters. The van der Waals surface area contributed by atoms with Gasteiger partial charge >= 0.3 is 12.1 Å². The topological polar surface area (TPSA) is 146 Å². The second kappa shape index (κ2) is 13.1. The smallest absolute Gasteiger partial charge is 0.417 e. The minimum atomic E-state index is -4.72. The Kier molecular flexibility index (Phi) is 9.91. The van der Waals surface area contributed by atoms with Crippen LogP contribution in [-0.2, 0) is 32.2 Å². The Bertz CT molecular complexity index is 1620. The average molecular weight is 678 g/mol. The maximum Gasteiger partial charge on any atom is 0.417 e. The number of carbonyl (C=O) groups is 3. The highest BCUT2D eigenvalue weighted by Gasteiger charge is 2.42. The van der Waals surface area contributed by atoms with Crippen molar-refractivity contribution in [1.82, 2.24) is 14.6 Å². The number of amides is 2. The van der Waals surface area contributed by atoms with Crippen LogP contribution >= 0.6 is 35.0 Å². The van der Waals surface area contributed by atoms with E-state index in [-0.39, 0.29) is 33.7 Å². The summed E-state index contributed by atoms with van der Waals surface area (Å²) in [6.45, 7) is 0. The van der Waals surface area contributed by atoms with E-state index in [9.17, 15) is 41.1 Å². The van der Waals surface area contributed by atoms with E-state index in [0.29, 0.717) is 29.6 Å². The van der Waals surface area contributed by atoms with Crippen molar-refractivity contribution in [3.63, 3.8) is 0 Å². The molecule has 228 valence electrons. The molecule has 10 nitrogen and oxygen atoms in total. The van der Waals surface area contributed by atoms with Crippen molar-refractivity contribution in [1.29, 1.82) is 0 Å². The van der Waals surface area contributed by atoms with Gasteiger partial charge in [-0.25, -0.2) is 18.2 Å². The van der Waals surface area contributed by atoms with Gasteiger partial charge in [0.1, 0.15) is 12.1 Å². The number of sulfonamides is 1. The number of hydrogen-bond acceptors (Lipinski definition) is 7. The third-order valence-electron chi connectivity index (χ3n) is 6.24. The molecule has 0 spiro atoms. The van der Waals surface area contributed by atoms with Crippen molar-refractivity contribution in [3.8, 4) is 0 Å². The van der Waals surface area contributed by atoms with E-state index in [0.717, 1.165) is 16.1 Å². The Balaban J connectivity index is 1.43. The highest BCUT2D eigenvalue weighted by Crippen LogP contribution is 2.31. The van der Waals surface area contributed by atoms with Crippen LogP contribution in [0.3, 0.4) is 0 Å². The van der Waals surface area contributed by atoms with E-state index in [1.807, 2.05) is 0 Å². The fourth-order valence-corrected chi connectivity index (χ4v) is 7.66. The van der Waals surface area contributed by atoms with Gasteiger partial charge in [0, 0.05) is 24.1 Å². The van der Waals surface area contributed by atoms with Gasteiger partial charge < -0.3 is 15.7 Å². The number of carbonyl (C=O) groups excluding carboxylic acids is 2. The monoisotopic (exact) mass is 676 g/mol. The first-order chi connectivity index (χ1) is 20.2. The lowest BCUT2D eigenvalue weighted by molar-refractivity contribution is -0.142. The highest BCUT2D eigenvalue weighted by molar-refractivity contribution is 8.00. The SMILES string of the molecule is O=C(Nc1ccc(CC(NC(=O)C2CSCN2S(=O)(=O)c2ccc(C(F)(F)F)cn2)C(=O)O)cc1)c1c(Cl)cccc1Cl. The first-order valence-electron chi connectivity index (χ1n) is 12.2. The predicted molar refractivity (Wildman–Crippen MR) is 154 cm³/mol. The summed E-state index contributed by atoms with van der Waals surface area (Å²) in [5.41, 5.74) is -0.220. The standard InChI is InChI=1S/C26H21Cl2F3N4O6S2/c27-17-2-1-3-18(28)22(17)24(37)33-16-7-4-14(5-8-16)10-19(25(38)39)34-23(36)20-12-42-13-35(20)43(40,41)21-9-6-15(11-32-21)26(29,30)31/h1-9,11,19-20H,10,12-13H2,(H,33,37)(H,34,36)(H,38,39). The molecular formula is C26H21Cl2F3N4O6S2. The number of carboxylic acid groups (broad SMARTS) is 1. The summed E-state index contributed by atoms with van der Waals surface area (Å²) in [5, 5.41) is 14.4. The van der Waals surface area contributed by atoms with Crippen molar-refractivity contribution in [2.45, 2.75) is 29.7 Å². The minimum absolute atomic E-state index is 0.0120. The number of alkyl halides is 3. The predicted octanol–water partition coefficient (Wildman–Crippen LogP) is 4.54. The van der Waals surface area contributed by atoms with Crippen molar-refractivity contribution >= 4 is 68.5 Å². The molecule has 43 heavy (non-hydrogen) atoms. The van der Waals surface area contributed by atoms with Crippen LogP contribution in [0.25, 0.3) is 0 Å². The Morgan fingerprint density at radius 2 is 1.72 bits per heavy atom. The van der Waals surface area contributed by atoms with E-state index in [4.69, 9.17) is 23.2 Å². The lowest BCUT2D eigenvalue weighted by Crippen LogP contribution is -2.52. The molecule has 0 bridgehead atoms. The number of halogens is 5. The Labute approximate surface area is 257 Å². The number of rotatable bonds is 9. The second-order valence-electron chi connectivity index (χ2n) is 9.14. The fourth-order valence-electron chi connectivity index (χ4n) is 4.03. The van der Waals surface area contributed by atoms with Gasteiger partial charge in [0.2, 0.25) is 5.91 Å². The van der Waals surface area contributed by atoms with Crippen LogP contribution in [0.1, 0.15) is 21.5 Å². The van der Waals surface area contributed by atoms with Gasteiger partial charge in [0.15, 0.2) is 5.03 Å². The molecule has 2 amide bonds. The maximum absolute atomic E-state index is 13.1. The quantitative estimate of drug-likeness (QED) is 0.300. The lowest BCUT2D eigenvalue weighted by atomic mass is 10.0. The zero-order chi connectivity index (χ0) is 31.5. The number of nitrogens with zero attached hydrogens (tertiary/aromatic N) is 2. The molecule has 4 rings (SSSR count). The Morgan fingerprint density at radius 1 is 1.07 bits per heavy atom. The first-order valence-corrected chi connectivity index (χ1v) is 15.5. The van der Waals surface area contributed by atoms with Gasteiger partial charge in [0.25, 0.3) is 15.9 Å². The Hall–Kier alpha value is -3.37. The summed E-state index contributed by atoms with van der Waals surface area (Å²) < 4.78 is 65.5. The van der Waals surface area contributed by atoms with Crippen LogP contribution in [0.4, 0.5) is 18.9 Å². The van der Waals surface area contributed by atoms with Crippen molar-refractivity contribution in [2.75, 3.05) is 16.9 Å². The summed E-state index contributed by atoms with van der Waals surface area (Å²) in [6, 6.07) is 9.19. The molecular weight excluding hydrogens is 656 g/mol. The molecule has 1 fully saturated rings. The molecule has 0 radical (unpaired) electrons. The first kappa shape index (κ1) is 32.5. The number of aliphatic carboxylic acids is 1. The average Bonchev–Trinajstić information content (AvgIpc) is 3.44. The third-order valence-corrected chi connectivity index (χ3v) is 9.81. The largest absolute Gasteiger partial charge is 0.480 e. The van der Waals surface area contributed by atoms with E-state index in [1.54, 1.807) is 6.07 Å². The number of anilines is 1. The maximum atomic E-state index is 13.1. The van der Waals surface area contributed by atoms with Crippen LogP contribution in [0.15, 0.2) is 65.8 Å². The molecule has 17 heteroatoms. The fraction of sp³-hybridized carbons (Fsp3) is 0.231. The summed E-state index contributed by atoms with van der Waals surface area (Å²) in [7, 11) is -4.48. The summed E-state index contributed by atoms with van der Waals surface area (Å²) in [5.74, 6) is -3.04. The second-order valence-corrected chi connectivity index (χ2v) is 12.8. The van der Waals surface area contributed by atoms with E-state index in [2.05, 4.69) is 15.6 Å². The molecule has 2 atom stereocenters. The van der Waals surface area contributed by atoms with Crippen LogP contribution in [0.5, 0.6) is 0 Å². The van der Waals surface area contributed by atoms with Gasteiger partial charge in [0.05, 0.1) is 27.0 Å². The highest BCUT2D eigenvalue weighted by atomic mass is 35.5. The number of pyridine rings is 1. The minimum Gasteiger partial charge on any atom is -0.480 e. The number of aromatic nitrogens is 1. The van der Waals surface area contributed by atoms with Gasteiger partial charge in [-0.1, -0.05) is 41.4 Å². The lowest BCUT2D eigenvalue weighted by Gasteiger charge is -2.24. The number of nitrogens with one attached hydrogen (secondary N) is 2. The number of hydrogen-bond donors (Lipinski definition) is 3. The summed E-state index contributed by atoms with van der Waals surface area (Å²) in [4.78, 5) is 41.0. The number of carboxylic acids is 1. The molecule has 1 aliphatic heterocycles. The summed E-state index contributed by atoms with van der Waals surface area (Å²) in [6.07, 6.45) is -4.51. The number of thioether (sulfide) groups is 1. The van der Waals surface area contributed by atoms with Crippen LogP contribution in [0.2, 0.25) is 10.0 Å². The third kappa shape index (κ3) is 7.59. The van der Waals surface area contributed by atoms with E-state index in [1.165, 1.54) is 36.4 Å². The zero-order valence-corrected chi connectivity index (χ0v) is 24.8. The van der Waals surface area contributed by atoms with Crippen LogP contribution in [-0.4, -0.2) is 64.3 Å². The van der Waals surface area contributed by atoms with Gasteiger partial charge in [-0.2, -0.15) is 17.5 Å². The number of benzene rings is 2. The molecule has 2 heterocycles. The van der Waals surface area contributed by atoms with Crippen molar-refractivity contribution in [3.05, 3.63) is 87.5 Å². The molecule has 0 saturated carbocycles. The molecule has 1 saturated heterocycles. The molecule has 1 aliphatic rings. The summed E-state index contributed by atoms with van der Waals surface area (Å²) >= 11 is 13.2. The van der Waals surface area contributed by atoms with E-state index >= 15 is 0 Å². The molecule has 1 aromatic heterocycles. The molecule has 3 aromatic rings. The van der Waals surface area contributed by atoms with Gasteiger partial charge in [-0.3, -0.25) is 9.59 Å². The van der Waals surface area contributed by atoms with Crippen LogP contribution in [0, 0.1) is 0 Å². The zero-order valence-electron chi connectivity index (χ0n) is 21.6. The van der Waals surface area contributed by atoms with Gasteiger partial charge in [-0.15, -0.1) is 11.8 Å². The normalized spacial score (nSPS) is 16.4. The molecule has 2 aromatic carbocycles. The Morgan fingerprint density at radius 3 is 2.28 bits per heavy atom. The van der Waals surface area contributed by atoms with Crippen molar-refractivity contribution < 1.29 is 41.1 Å². The van der Waals surface area contributed by atoms with E-state index < -0.39 is 56.7 Å².